The number of sulfone groups is 1. The molecule has 1 aliphatic carbocycles. The van der Waals surface area contributed by atoms with E-state index in [2.05, 4.69) is 5.10 Å². The Labute approximate surface area is 153 Å². The highest BCUT2D eigenvalue weighted by Crippen LogP contribution is 2.42. The van der Waals surface area contributed by atoms with Crippen molar-refractivity contribution in [1.29, 1.82) is 0 Å². The van der Waals surface area contributed by atoms with Gasteiger partial charge in [-0.25, -0.2) is 8.42 Å². The third-order valence-corrected chi connectivity index (χ3v) is 6.89. The zero-order chi connectivity index (χ0) is 18.3. The molecular weight excluding hydrogens is 350 g/mol. The normalized spacial score (nSPS) is 21.7. The summed E-state index contributed by atoms with van der Waals surface area (Å²) < 4.78 is 25.5. The number of hydrogen-bond donors (Lipinski definition) is 0. The fourth-order valence-corrected chi connectivity index (χ4v) is 5.27. The van der Waals surface area contributed by atoms with E-state index in [0.717, 1.165) is 24.1 Å². The van der Waals surface area contributed by atoms with Crippen LogP contribution in [-0.4, -0.2) is 47.6 Å². The summed E-state index contributed by atoms with van der Waals surface area (Å²) >= 11 is 0. The number of hydrogen-bond acceptors (Lipinski definition) is 4. The molecule has 0 spiro atoms. The number of rotatable bonds is 5. The van der Waals surface area contributed by atoms with Crippen molar-refractivity contribution in [2.24, 2.45) is 0 Å². The first-order valence-corrected chi connectivity index (χ1v) is 10.8. The van der Waals surface area contributed by atoms with Crippen LogP contribution in [0.15, 0.2) is 36.4 Å². The third-order valence-electron chi connectivity index (χ3n) is 5.14. The van der Waals surface area contributed by atoms with E-state index < -0.39 is 9.84 Å². The van der Waals surface area contributed by atoms with Gasteiger partial charge in [-0.15, -0.1) is 0 Å². The molecule has 6 nitrogen and oxygen atoms in total. The van der Waals surface area contributed by atoms with E-state index in [4.69, 9.17) is 0 Å². The molecule has 7 heteroatoms. The first kappa shape index (κ1) is 17.3. The highest BCUT2D eigenvalue weighted by Gasteiger charge is 2.36. The molecule has 1 amide bonds. The minimum Gasteiger partial charge on any atom is -0.336 e. The van der Waals surface area contributed by atoms with Crippen LogP contribution in [0.25, 0.3) is 0 Å². The second-order valence-electron chi connectivity index (χ2n) is 7.38. The molecule has 0 bridgehead atoms. The van der Waals surface area contributed by atoms with E-state index in [1.165, 1.54) is 0 Å². The van der Waals surface area contributed by atoms with Crippen LogP contribution >= 0.6 is 0 Å². The van der Waals surface area contributed by atoms with E-state index in [1.807, 2.05) is 41.1 Å². The highest BCUT2D eigenvalue weighted by molar-refractivity contribution is 7.91. The van der Waals surface area contributed by atoms with E-state index >= 15 is 0 Å². The zero-order valence-electron chi connectivity index (χ0n) is 14.8. The van der Waals surface area contributed by atoms with E-state index in [0.29, 0.717) is 24.6 Å². The first-order chi connectivity index (χ1) is 12.4. The molecule has 1 saturated carbocycles. The summed E-state index contributed by atoms with van der Waals surface area (Å²) in [4.78, 5) is 14.5. The van der Waals surface area contributed by atoms with Crippen molar-refractivity contribution < 1.29 is 13.2 Å². The second-order valence-corrected chi connectivity index (χ2v) is 9.61. The van der Waals surface area contributed by atoms with Crippen LogP contribution in [0.2, 0.25) is 0 Å². The summed E-state index contributed by atoms with van der Waals surface area (Å²) in [6, 6.07) is 11.6. The SMILES string of the molecule is CN(Cc1ccccc1)C(=O)c1cc(C2CC2)n(C2CCS(=O)(=O)C2)n1. The Hall–Kier alpha value is -2.15. The molecule has 2 fully saturated rings. The van der Waals surface area contributed by atoms with Crippen LogP contribution in [0.5, 0.6) is 0 Å². The standard InChI is InChI=1S/C19H23N3O3S/c1-21(12-14-5-3-2-4-6-14)19(23)17-11-18(15-7-8-15)22(20-17)16-9-10-26(24,25)13-16/h2-6,11,15-16H,7-10,12-13H2,1H3. The lowest BCUT2D eigenvalue weighted by molar-refractivity contribution is 0.0778. The molecule has 2 aliphatic rings. The van der Waals surface area contributed by atoms with Crippen LogP contribution in [0.1, 0.15) is 53.0 Å². The van der Waals surface area contributed by atoms with Crippen molar-refractivity contribution in [3.8, 4) is 0 Å². The number of amides is 1. The summed E-state index contributed by atoms with van der Waals surface area (Å²) in [5.41, 5.74) is 2.49. The molecule has 1 aromatic carbocycles. The number of aromatic nitrogens is 2. The molecule has 2 heterocycles. The predicted molar refractivity (Wildman–Crippen MR) is 98.7 cm³/mol. The Morgan fingerprint density at radius 1 is 1.23 bits per heavy atom. The van der Waals surface area contributed by atoms with Gasteiger partial charge >= 0.3 is 0 Å². The van der Waals surface area contributed by atoms with Gasteiger partial charge in [0.05, 0.1) is 17.5 Å². The second kappa shape index (κ2) is 6.54. The largest absolute Gasteiger partial charge is 0.336 e. The van der Waals surface area contributed by atoms with E-state index in [1.54, 1.807) is 11.9 Å². The van der Waals surface area contributed by atoms with Gasteiger partial charge in [-0.1, -0.05) is 30.3 Å². The summed E-state index contributed by atoms with van der Waals surface area (Å²) in [5.74, 6) is 0.614. The van der Waals surface area contributed by atoms with Gasteiger partial charge in [-0.3, -0.25) is 9.48 Å². The molecule has 1 atom stereocenters. The predicted octanol–water partition coefficient (Wildman–Crippen LogP) is 2.39. The first-order valence-electron chi connectivity index (χ1n) is 9.02. The molecule has 2 aromatic rings. The lowest BCUT2D eigenvalue weighted by Crippen LogP contribution is -2.27. The zero-order valence-corrected chi connectivity index (χ0v) is 15.7. The van der Waals surface area contributed by atoms with Crippen LogP contribution in [0.4, 0.5) is 0 Å². The monoisotopic (exact) mass is 373 g/mol. The van der Waals surface area contributed by atoms with Crippen molar-refractivity contribution in [2.45, 2.75) is 37.8 Å². The molecule has 1 unspecified atom stereocenters. The lowest BCUT2D eigenvalue weighted by atomic mass is 10.2. The smallest absolute Gasteiger partial charge is 0.274 e. The van der Waals surface area contributed by atoms with Gasteiger partial charge in [0.1, 0.15) is 0 Å². The third kappa shape index (κ3) is 3.53. The summed E-state index contributed by atoms with van der Waals surface area (Å²) in [6.45, 7) is 0.517. The van der Waals surface area contributed by atoms with E-state index in [-0.39, 0.29) is 23.5 Å². The summed E-state index contributed by atoms with van der Waals surface area (Å²) in [7, 11) is -1.22. The van der Waals surface area contributed by atoms with Crippen molar-refractivity contribution in [3.63, 3.8) is 0 Å². The van der Waals surface area contributed by atoms with Gasteiger partial charge in [0.25, 0.3) is 5.91 Å². The Morgan fingerprint density at radius 2 is 1.96 bits per heavy atom. The van der Waals surface area contributed by atoms with Crippen molar-refractivity contribution in [2.75, 3.05) is 18.6 Å². The minimum atomic E-state index is -2.99. The Morgan fingerprint density at radius 3 is 2.58 bits per heavy atom. The highest BCUT2D eigenvalue weighted by atomic mass is 32.2. The molecule has 26 heavy (non-hydrogen) atoms. The van der Waals surface area contributed by atoms with Crippen LogP contribution in [0, 0.1) is 0 Å². The van der Waals surface area contributed by atoms with Gasteiger partial charge in [0, 0.05) is 25.2 Å². The Bertz CT molecular complexity index is 917. The molecule has 0 N–H and O–H groups in total. The summed E-state index contributed by atoms with van der Waals surface area (Å²) in [6.07, 6.45) is 2.74. The Kier molecular flexibility index (Phi) is 4.34. The number of carbonyl (C=O) groups excluding carboxylic acids is 1. The van der Waals surface area contributed by atoms with Crippen molar-refractivity contribution >= 4 is 15.7 Å². The number of carbonyl (C=O) groups is 1. The number of nitrogens with zero attached hydrogens (tertiary/aromatic N) is 3. The molecule has 4 rings (SSSR count). The average Bonchev–Trinajstić information content (AvgIpc) is 3.26. The van der Waals surface area contributed by atoms with Gasteiger partial charge < -0.3 is 4.90 Å². The maximum absolute atomic E-state index is 12.8. The van der Waals surface area contributed by atoms with Crippen molar-refractivity contribution in [3.05, 3.63) is 53.3 Å². The molecule has 138 valence electrons. The topological polar surface area (TPSA) is 72.3 Å². The maximum atomic E-state index is 12.8. The van der Waals surface area contributed by atoms with Crippen LogP contribution < -0.4 is 0 Å². The van der Waals surface area contributed by atoms with Gasteiger partial charge in [0.15, 0.2) is 15.5 Å². The number of benzene rings is 1. The maximum Gasteiger partial charge on any atom is 0.274 e. The van der Waals surface area contributed by atoms with Crippen molar-refractivity contribution in [1.82, 2.24) is 14.7 Å². The molecule has 1 saturated heterocycles. The van der Waals surface area contributed by atoms with Crippen LogP contribution in [0.3, 0.4) is 0 Å². The average molecular weight is 373 g/mol. The quantitative estimate of drug-likeness (QED) is 0.807. The summed E-state index contributed by atoms with van der Waals surface area (Å²) in [5, 5.41) is 4.54. The molecule has 0 radical (unpaired) electrons. The van der Waals surface area contributed by atoms with Gasteiger partial charge in [0.2, 0.25) is 0 Å². The lowest BCUT2D eigenvalue weighted by Gasteiger charge is -2.16. The van der Waals surface area contributed by atoms with E-state index in [9.17, 15) is 13.2 Å². The van der Waals surface area contributed by atoms with Crippen LogP contribution in [-0.2, 0) is 16.4 Å². The fraction of sp³-hybridized carbons (Fsp3) is 0.474. The molecule has 1 aromatic heterocycles. The molecule has 1 aliphatic heterocycles. The fourth-order valence-electron chi connectivity index (χ4n) is 3.58. The van der Waals surface area contributed by atoms with Gasteiger partial charge in [-0.05, 0) is 30.9 Å². The molecular formula is C19H23N3O3S. The Balaban J connectivity index is 1.57. The minimum absolute atomic E-state index is 0.127. The van der Waals surface area contributed by atoms with Gasteiger partial charge in [-0.2, -0.15) is 5.10 Å².